The molecule has 1 N–H and O–H groups in total. The van der Waals surface area contributed by atoms with Crippen molar-refractivity contribution in [3.63, 3.8) is 0 Å². The zero-order chi connectivity index (χ0) is 16.3. The van der Waals surface area contributed by atoms with Gasteiger partial charge < -0.3 is 5.32 Å². The average molecular weight is 316 g/mol. The molecule has 0 aromatic heterocycles. The van der Waals surface area contributed by atoms with Gasteiger partial charge in [0.1, 0.15) is 0 Å². The van der Waals surface area contributed by atoms with Gasteiger partial charge in [-0.05, 0) is 50.6 Å². The number of carbonyl (C=O) groups excluding carboxylic acids is 2. The van der Waals surface area contributed by atoms with Crippen LogP contribution in [0.3, 0.4) is 0 Å². The SMILES string of the molecule is CC(=O)c1cccc(NC(=O)C(C)(C)c2ccc(Cl)cc2)c1. The largest absolute Gasteiger partial charge is 0.325 e. The molecule has 0 unspecified atom stereocenters. The van der Waals surface area contributed by atoms with E-state index in [1.54, 1.807) is 36.4 Å². The molecule has 0 aliphatic carbocycles. The number of carbonyl (C=O) groups is 2. The number of benzene rings is 2. The highest BCUT2D eigenvalue weighted by molar-refractivity contribution is 6.30. The Hall–Kier alpha value is -2.13. The second kappa shape index (κ2) is 6.32. The van der Waals surface area contributed by atoms with Gasteiger partial charge in [0, 0.05) is 16.3 Å². The van der Waals surface area contributed by atoms with Gasteiger partial charge in [0.2, 0.25) is 5.91 Å². The zero-order valence-corrected chi connectivity index (χ0v) is 13.6. The third kappa shape index (κ3) is 3.55. The lowest BCUT2D eigenvalue weighted by molar-refractivity contribution is -0.120. The molecule has 22 heavy (non-hydrogen) atoms. The maximum Gasteiger partial charge on any atom is 0.234 e. The van der Waals surface area contributed by atoms with Crippen molar-refractivity contribution >= 4 is 29.0 Å². The number of amides is 1. The second-order valence-corrected chi connectivity index (χ2v) is 6.16. The van der Waals surface area contributed by atoms with E-state index in [1.165, 1.54) is 6.92 Å². The van der Waals surface area contributed by atoms with E-state index >= 15 is 0 Å². The molecule has 114 valence electrons. The average Bonchev–Trinajstić information content (AvgIpc) is 2.48. The molecule has 0 saturated carbocycles. The van der Waals surface area contributed by atoms with Gasteiger partial charge in [-0.15, -0.1) is 0 Å². The van der Waals surface area contributed by atoms with E-state index < -0.39 is 5.41 Å². The van der Waals surface area contributed by atoms with Crippen molar-refractivity contribution in [1.29, 1.82) is 0 Å². The summed E-state index contributed by atoms with van der Waals surface area (Å²) < 4.78 is 0. The summed E-state index contributed by atoms with van der Waals surface area (Å²) in [6.07, 6.45) is 0. The molecule has 0 saturated heterocycles. The lowest BCUT2D eigenvalue weighted by atomic mass is 9.83. The van der Waals surface area contributed by atoms with Crippen LogP contribution in [0.4, 0.5) is 5.69 Å². The van der Waals surface area contributed by atoms with E-state index in [0.717, 1.165) is 5.56 Å². The van der Waals surface area contributed by atoms with Crippen LogP contribution in [0, 0.1) is 0 Å². The molecule has 0 aliphatic heterocycles. The maximum absolute atomic E-state index is 12.6. The van der Waals surface area contributed by atoms with Gasteiger partial charge in [-0.2, -0.15) is 0 Å². The van der Waals surface area contributed by atoms with Crippen molar-refractivity contribution in [3.05, 3.63) is 64.7 Å². The van der Waals surface area contributed by atoms with E-state index in [1.807, 2.05) is 26.0 Å². The highest BCUT2D eigenvalue weighted by Gasteiger charge is 2.29. The first-order valence-corrected chi connectivity index (χ1v) is 7.37. The van der Waals surface area contributed by atoms with Crippen LogP contribution >= 0.6 is 11.6 Å². The minimum atomic E-state index is -0.711. The predicted molar refractivity (Wildman–Crippen MR) is 89.6 cm³/mol. The minimum absolute atomic E-state index is 0.0342. The highest BCUT2D eigenvalue weighted by Crippen LogP contribution is 2.26. The highest BCUT2D eigenvalue weighted by atomic mass is 35.5. The van der Waals surface area contributed by atoms with Crippen LogP contribution in [-0.4, -0.2) is 11.7 Å². The summed E-state index contributed by atoms with van der Waals surface area (Å²) in [5.74, 6) is -0.177. The quantitative estimate of drug-likeness (QED) is 0.847. The van der Waals surface area contributed by atoms with Crippen LogP contribution in [0.15, 0.2) is 48.5 Å². The second-order valence-electron chi connectivity index (χ2n) is 5.72. The molecule has 2 rings (SSSR count). The first-order chi connectivity index (χ1) is 10.3. The lowest BCUT2D eigenvalue weighted by Crippen LogP contribution is -2.34. The lowest BCUT2D eigenvalue weighted by Gasteiger charge is -2.24. The molecule has 0 atom stereocenters. The van der Waals surface area contributed by atoms with Crippen molar-refractivity contribution in [2.75, 3.05) is 5.32 Å². The number of halogens is 1. The maximum atomic E-state index is 12.6. The van der Waals surface area contributed by atoms with Crippen molar-refractivity contribution in [2.45, 2.75) is 26.2 Å². The summed E-state index contributed by atoms with van der Waals surface area (Å²) in [6, 6.07) is 14.1. The Balaban J connectivity index is 2.22. The molecule has 0 radical (unpaired) electrons. The molecule has 2 aromatic rings. The Labute approximate surface area is 135 Å². The van der Waals surface area contributed by atoms with Gasteiger partial charge in [-0.1, -0.05) is 35.9 Å². The van der Waals surface area contributed by atoms with Crippen molar-refractivity contribution in [1.82, 2.24) is 0 Å². The fourth-order valence-electron chi connectivity index (χ4n) is 2.10. The van der Waals surface area contributed by atoms with Crippen LogP contribution in [0.1, 0.15) is 36.7 Å². The number of nitrogens with one attached hydrogen (secondary N) is 1. The summed E-state index contributed by atoms with van der Waals surface area (Å²) in [6.45, 7) is 5.19. The molecular weight excluding hydrogens is 298 g/mol. The van der Waals surface area contributed by atoms with E-state index in [-0.39, 0.29) is 11.7 Å². The Morgan fingerprint density at radius 1 is 1.05 bits per heavy atom. The van der Waals surface area contributed by atoms with E-state index in [9.17, 15) is 9.59 Å². The smallest absolute Gasteiger partial charge is 0.234 e. The summed E-state index contributed by atoms with van der Waals surface area (Å²) in [5, 5.41) is 3.50. The molecule has 0 aliphatic rings. The summed E-state index contributed by atoms with van der Waals surface area (Å²) in [7, 11) is 0. The Bertz CT molecular complexity index is 705. The van der Waals surface area contributed by atoms with Crippen LogP contribution in [0.2, 0.25) is 5.02 Å². The Kier molecular flexibility index (Phi) is 4.67. The van der Waals surface area contributed by atoms with Crippen LogP contribution in [-0.2, 0) is 10.2 Å². The molecular formula is C18H18ClNO2. The number of Topliss-reactive ketones (excluding diaryl/α,β-unsaturated/α-hetero) is 1. The third-order valence-corrected chi connectivity index (χ3v) is 3.91. The van der Waals surface area contributed by atoms with Crippen molar-refractivity contribution < 1.29 is 9.59 Å². The summed E-state index contributed by atoms with van der Waals surface area (Å²) in [5.41, 5.74) is 1.34. The Morgan fingerprint density at radius 3 is 2.27 bits per heavy atom. The Morgan fingerprint density at radius 2 is 1.68 bits per heavy atom. The van der Waals surface area contributed by atoms with Crippen LogP contribution in [0.5, 0.6) is 0 Å². The first kappa shape index (κ1) is 16.2. The summed E-state index contributed by atoms with van der Waals surface area (Å²) >= 11 is 5.89. The van der Waals surface area contributed by atoms with Crippen molar-refractivity contribution in [2.24, 2.45) is 0 Å². The molecule has 0 heterocycles. The van der Waals surface area contributed by atoms with E-state index in [0.29, 0.717) is 16.3 Å². The molecule has 4 heteroatoms. The van der Waals surface area contributed by atoms with Crippen LogP contribution in [0.25, 0.3) is 0 Å². The monoisotopic (exact) mass is 315 g/mol. The number of hydrogen-bond acceptors (Lipinski definition) is 2. The third-order valence-electron chi connectivity index (χ3n) is 3.66. The van der Waals surface area contributed by atoms with Gasteiger partial charge in [-0.25, -0.2) is 0 Å². The van der Waals surface area contributed by atoms with Crippen molar-refractivity contribution in [3.8, 4) is 0 Å². The molecule has 1 amide bonds. The number of hydrogen-bond donors (Lipinski definition) is 1. The predicted octanol–water partition coefficient (Wildman–Crippen LogP) is 4.46. The molecule has 0 spiro atoms. The zero-order valence-electron chi connectivity index (χ0n) is 12.8. The van der Waals surface area contributed by atoms with Gasteiger partial charge in [0.25, 0.3) is 0 Å². The van der Waals surface area contributed by atoms with Gasteiger partial charge in [-0.3, -0.25) is 9.59 Å². The van der Waals surface area contributed by atoms with E-state index in [2.05, 4.69) is 5.32 Å². The van der Waals surface area contributed by atoms with Gasteiger partial charge in [0.15, 0.2) is 5.78 Å². The van der Waals surface area contributed by atoms with E-state index in [4.69, 9.17) is 11.6 Å². The molecule has 2 aromatic carbocycles. The molecule has 3 nitrogen and oxygen atoms in total. The molecule has 0 bridgehead atoms. The fraction of sp³-hybridized carbons (Fsp3) is 0.222. The number of ketones is 1. The summed E-state index contributed by atoms with van der Waals surface area (Å²) in [4.78, 5) is 24.0. The number of rotatable bonds is 4. The van der Waals surface area contributed by atoms with Crippen LogP contribution < -0.4 is 5.32 Å². The molecule has 0 fully saturated rings. The van der Waals surface area contributed by atoms with Gasteiger partial charge in [0.05, 0.1) is 5.41 Å². The fourth-order valence-corrected chi connectivity index (χ4v) is 2.23. The standard InChI is InChI=1S/C18H18ClNO2/c1-12(21)13-5-4-6-16(11-13)20-17(22)18(2,3)14-7-9-15(19)10-8-14/h4-11H,1-3H3,(H,20,22). The number of anilines is 1. The topological polar surface area (TPSA) is 46.2 Å². The van der Waals surface area contributed by atoms with Gasteiger partial charge >= 0.3 is 0 Å². The minimum Gasteiger partial charge on any atom is -0.325 e. The first-order valence-electron chi connectivity index (χ1n) is 6.99. The normalized spacial score (nSPS) is 11.1.